The van der Waals surface area contributed by atoms with Gasteiger partial charge in [-0.1, -0.05) is 27.7 Å². The minimum Gasteiger partial charge on any atom is -0.458 e. The quantitative estimate of drug-likeness (QED) is 0.334. The summed E-state index contributed by atoms with van der Waals surface area (Å²) in [5, 5.41) is 14.5. The van der Waals surface area contributed by atoms with Crippen LogP contribution in [0.3, 0.4) is 0 Å². The van der Waals surface area contributed by atoms with Crippen LogP contribution in [0, 0.1) is 29.1 Å². The lowest BCUT2D eigenvalue weighted by molar-refractivity contribution is -0.295. The first-order valence-corrected chi connectivity index (χ1v) is 16.3. The minimum absolute atomic E-state index is 0.102. The van der Waals surface area contributed by atoms with Crippen molar-refractivity contribution in [2.45, 2.75) is 129 Å². The van der Waals surface area contributed by atoms with Gasteiger partial charge in [-0.15, -0.1) is 0 Å². The van der Waals surface area contributed by atoms with E-state index >= 15 is 0 Å². The molecule has 256 valence electrons. The van der Waals surface area contributed by atoms with E-state index in [2.05, 4.69) is 5.32 Å². The van der Waals surface area contributed by atoms with Crippen molar-refractivity contribution in [1.29, 1.82) is 0 Å². The summed E-state index contributed by atoms with van der Waals surface area (Å²) in [6.07, 6.45) is -3.20. The molecule has 0 saturated carbocycles. The van der Waals surface area contributed by atoms with Crippen molar-refractivity contribution in [2.24, 2.45) is 29.1 Å². The smallest absolute Gasteiger partial charge is 0.324 e. The molecule has 0 spiro atoms. The van der Waals surface area contributed by atoms with Crippen LogP contribution in [0.25, 0.3) is 0 Å². The maximum Gasteiger partial charge on any atom is 0.324 e. The number of aliphatic hydroxyl groups is 1. The Kier molecular flexibility index (Phi) is 10.3. The van der Waals surface area contributed by atoms with Crippen molar-refractivity contribution >= 4 is 23.5 Å². The SMILES string of the molecule is CC[C@H]1OC(=O)[C@H](C)C(=O)[C@H](C)[C@@H](O[C@@H]2O[C@H](C)C[C@H](N(C)C)[C@H]2O)[C@@](C)(OC)C[C@@H](C)C(=O)C2(C)CNC3C(=O)O[C@@]1(C)C32. The zero-order valence-corrected chi connectivity index (χ0v) is 28.7. The largest absolute Gasteiger partial charge is 0.458 e. The highest BCUT2D eigenvalue weighted by Gasteiger charge is 2.69. The number of carbonyl (C=O) groups excluding carboxylic acids is 4. The van der Waals surface area contributed by atoms with Gasteiger partial charge in [-0.3, -0.25) is 19.2 Å². The van der Waals surface area contributed by atoms with E-state index in [0.29, 0.717) is 12.8 Å². The van der Waals surface area contributed by atoms with Crippen LogP contribution < -0.4 is 5.32 Å². The van der Waals surface area contributed by atoms with E-state index in [0.717, 1.165) is 0 Å². The molecule has 0 aromatic carbocycles. The molecule has 4 fully saturated rings. The number of hydrogen-bond donors (Lipinski definition) is 2. The Morgan fingerprint density at radius 2 is 1.69 bits per heavy atom. The van der Waals surface area contributed by atoms with Crippen molar-refractivity contribution in [2.75, 3.05) is 27.7 Å². The molecule has 4 rings (SSSR count). The van der Waals surface area contributed by atoms with E-state index in [1.165, 1.54) is 14.0 Å². The molecule has 4 heterocycles. The lowest BCUT2D eigenvalue weighted by Crippen LogP contribution is -2.60. The maximum atomic E-state index is 14.5. The molecule has 0 radical (unpaired) electrons. The van der Waals surface area contributed by atoms with Crippen LogP contribution in [0.15, 0.2) is 0 Å². The van der Waals surface area contributed by atoms with Crippen molar-refractivity contribution in [1.82, 2.24) is 10.2 Å². The third kappa shape index (κ3) is 6.11. The van der Waals surface area contributed by atoms with Gasteiger partial charge in [-0.2, -0.15) is 0 Å². The fourth-order valence-corrected chi connectivity index (χ4v) is 8.63. The van der Waals surface area contributed by atoms with E-state index in [9.17, 15) is 24.3 Å². The summed E-state index contributed by atoms with van der Waals surface area (Å²) in [6, 6.07) is -0.997. The fraction of sp³-hybridized carbons (Fsp3) is 0.879. The highest BCUT2D eigenvalue weighted by molar-refractivity contribution is 6.00. The highest BCUT2D eigenvalue weighted by Crippen LogP contribution is 2.53. The number of cyclic esters (lactones) is 1. The highest BCUT2D eigenvalue weighted by atomic mass is 16.7. The lowest BCUT2D eigenvalue weighted by Gasteiger charge is -2.47. The number of rotatable bonds is 5. The molecule has 0 aromatic rings. The summed E-state index contributed by atoms with van der Waals surface area (Å²) in [7, 11) is 5.24. The van der Waals surface area contributed by atoms with Gasteiger partial charge in [0.2, 0.25) is 0 Å². The van der Waals surface area contributed by atoms with Crippen LogP contribution in [0.5, 0.6) is 0 Å². The maximum absolute atomic E-state index is 14.5. The predicted octanol–water partition coefficient (Wildman–Crippen LogP) is 1.88. The van der Waals surface area contributed by atoms with Crippen LogP contribution in [0.4, 0.5) is 0 Å². The molecular formula is C33H54N2O10. The van der Waals surface area contributed by atoms with Crippen LogP contribution in [0.1, 0.15) is 74.7 Å². The number of aliphatic hydroxyl groups excluding tert-OH is 1. The number of hydrogen-bond acceptors (Lipinski definition) is 12. The molecular weight excluding hydrogens is 584 g/mol. The second-order valence-corrected chi connectivity index (χ2v) is 14.7. The molecule has 45 heavy (non-hydrogen) atoms. The number of nitrogens with zero attached hydrogens (tertiary/aromatic N) is 1. The van der Waals surface area contributed by atoms with Gasteiger partial charge >= 0.3 is 11.9 Å². The Morgan fingerprint density at radius 1 is 1.04 bits per heavy atom. The van der Waals surface area contributed by atoms with E-state index in [1.54, 1.807) is 20.8 Å². The predicted molar refractivity (Wildman–Crippen MR) is 163 cm³/mol. The topological polar surface area (TPSA) is 150 Å². The minimum atomic E-state index is -1.29. The molecule has 12 heteroatoms. The number of nitrogens with one attached hydrogen (secondary N) is 1. The first kappa shape index (κ1) is 35.9. The van der Waals surface area contributed by atoms with Gasteiger partial charge in [-0.05, 0) is 61.1 Å². The van der Waals surface area contributed by atoms with Gasteiger partial charge in [0.25, 0.3) is 0 Å². The monoisotopic (exact) mass is 638 g/mol. The van der Waals surface area contributed by atoms with Crippen LogP contribution >= 0.6 is 0 Å². The lowest BCUT2D eigenvalue weighted by atomic mass is 9.62. The molecule has 0 bridgehead atoms. The Hall–Kier alpha value is -1.96. The van der Waals surface area contributed by atoms with Crippen LogP contribution in [-0.4, -0.2) is 115 Å². The molecule has 4 saturated heterocycles. The summed E-state index contributed by atoms with van der Waals surface area (Å²) >= 11 is 0. The first-order valence-electron chi connectivity index (χ1n) is 16.3. The normalized spacial score (nSPS) is 48.2. The van der Waals surface area contributed by atoms with Gasteiger partial charge in [0.05, 0.1) is 17.8 Å². The molecule has 4 aliphatic heterocycles. The van der Waals surface area contributed by atoms with Gasteiger partial charge < -0.3 is 39.0 Å². The molecule has 2 N–H and O–H groups in total. The Labute approximate surface area is 267 Å². The van der Waals surface area contributed by atoms with Gasteiger partial charge in [0, 0.05) is 42.9 Å². The standard InChI is InChI=1S/C33H54N2O10/c1-12-21-33(8)25-22(29(40)45-33)34-15-31(25,6)26(38)16(2)14-32(7,41-11)27(18(4)23(36)19(5)28(39)43-21)44-30-24(37)20(35(9)10)13-17(3)42-30/h16-22,24-25,27,30,34,37H,12-15H2,1-11H3/t16-,17-,18+,19-,20+,21-,22?,24-,25?,27-,30+,31?,32+,33-/m1/s1. The zero-order chi connectivity index (χ0) is 33.8. The number of ether oxygens (including phenoxy) is 5. The number of esters is 2. The molecule has 12 nitrogen and oxygen atoms in total. The average molecular weight is 639 g/mol. The molecule has 14 atom stereocenters. The van der Waals surface area contributed by atoms with Gasteiger partial charge in [0.1, 0.15) is 30.0 Å². The number of likely N-dealkylation sites (N-methyl/N-ethyl adjacent to an activating group) is 1. The molecule has 0 aromatic heterocycles. The zero-order valence-electron chi connectivity index (χ0n) is 28.7. The molecule has 0 amide bonds. The summed E-state index contributed by atoms with van der Waals surface area (Å²) in [5.74, 6) is -5.10. The summed E-state index contributed by atoms with van der Waals surface area (Å²) < 4.78 is 30.7. The molecule has 4 aliphatic rings. The Morgan fingerprint density at radius 3 is 2.27 bits per heavy atom. The fourth-order valence-electron chi connectivity index (χ4n) is 8.63. The van der Waals surface area contributed by atoms with E-state index in [-0.39, 0.29) is 30.9 Å². The van der Waals surface area contributed by atoms with Crippen molar-refractivity contribution < 1.29 is 48.0 Å². The van der Waals surface area contributed by atoms with Crippen LogP contribution in [-0.2, 0) is 42.9 Å². The van der Waals surface area contributed by atoms with Crippen molar-refractivity contribution in [3.8, 4) is 0 Å². The Bertz CT molecular complexity index is 1160. The van der Waals surface area contributed by atoms with Crippen molar-refractivity contribution in [3.05, 3.63) is 0 Å². The number of ketones is 2. The van der Waals surface area contributed by atoms with Gasteiger partial charge in [0.15, 0.2) is 17.7 Å². The first-order chi connectivity index (χ1) is 20.9. The number of methoxy groups -OCH3 is 1. The molecule has 3 unspecified atom stereocenters. The van der Waals surface area contributed by atoms with E-state index < -0.39 is 88.7 Å². The second-order valence-electron chi connectivity index (χ2n) is 14.7. The van der Waals surface area contributed by atoms with E-state index in [4.69, 9.17) is 23.7 Å². The van der Waals surface area contributed by atoms with Crippen LogP contribution in [0.2, 0.25) is 0 Å². The van der Waals surface area contributed by atoms with Crippen molar-refractivity contribution in [3.63, 3.8) is 0 Å². The van der Waals surface area contributed by atoms with E-state index in [1.807, 2.05) is 46.7 Å². The summed E-state index contributed by atoms with van der Waals surface area (Å²) in [5.41, 5.74) is -3.55. The van der Waals surface area contributed by atoms with Gasteiger partial charge in [-0.25, -0.2) is 0 Å². The third-order valence-electron chi connectivity index (χ3n) is 11.2. The third-order valence-corrected chi connectivity index (χ3v) is 11.2. The average Bonchev–Trinajstić information content (AvgIpc) is 3.49. The summed E-state index contributed by atoms with van der Waals surface area (Å²) in [4.78, 5) is 57.2. The summed E-state index contributed by atoms with van der Waals surface area (Å²) in [6.45, 7) is 14.3. The second kappa shape index (κ2) is 12.9. The number of carbonyl (C=O) groups is 4. The number of Topliss-reactive ketones (excluding diaryl/α,β-unsaturated/α-hetero) is 2. The molecule has 0 aliphatic carbocycles. The Balaban J connectivity index is 1.80.